The molecule has 3 aromatic carbocycles. The number of amides is 1. The van der Waals surface area contributed by atoms with E-state index in [4.69, 9.17) is 9.47 Å². The highest BCUT2D eigenvalue weighted by molar-refractivity contribution is 6.51. The van der Waals surface area contributed by atoms with Gasteiger partial charge in [-0.1, -0.05) is 18.2 Å². The van der Waals surface area contributed by atoms with Crippen molar-refractivity contribution in [2.24, 2.45) is 0 Å². The molecule has 192 valence electrons. The molecule has 0 aromatic heterocycles. The van der Waals surface area contributed by atoms with E-state index in [9.17, 15) is 19.8 Å². The maximum Gasteiger partial charge on any atom is 0.300 e. The van der Waals surface area contributed by atoms with E-state index in [0.717, 1.165) is 18.8 Å². The number of carbonyl (C=O) groups excluding carboxylic acids is 2. The van der Waals surface area contributed by atoms with Crippen molar-refractivity contribution in [2.45, 2.75) is 19.9 Å². The Morgan fingerprint density at radius 2 is 1.51 bits per heavy atom. The van der Waals surface area contributed by atoms with Gasteiger partial charge in [0, 0.05) is 24.5 Å². The van der Waals surface area contributed by atoms with Crippen LogP contribution in [0.2, 0.25) is 0 Å². The van der Waals surface area contributed by atoms with Gasteiger partial charge in [0.2, 0.25) is 0 Å². The van der Waals surface area contributed by atoms with E-state index >= 15 is 0 Å². The third kappa shape index (κ3) is 4.58. The molecule has 0 saturated carbocycles. The highest BCUT2D eigenvalue weighted by atomic mass is 16.5. The number of nitrogens with zero attached hydrogens (tertiary/aromatic N) is 2. The van der Waals surface area contributed by atoms with Crippen molar-refractivity contribution in [3.05, 3.63) is 83.4 Å². The Morgan fingerprint density at radius 3 is 2.05 bits per heavy atom. The van der Waals surface area contributed by atoms with Crippen LogP contribution in [0.15, 0.2) is 72.3 Å². The lowest BCUT2D eigenvalue weighted by Crippen LogP contribution is -2.29. The molecule has 0 spiro atoms. The standard InChI is InChI=1S/C29H30N2O6/c1-5-30(6-2)19-13-15-20(16-14-19)31-26(18-9-7-10-21(32)17-18)25(28(34)29(31)35)27(33)24-22(36-3)11-8-12-23(24)37-4/h7-17,26,32-33H,5-6H2,1-4H3/b27-25+. The molecule has 1 heterocycles. The predicted molar refractivity (Wildman–Crippen MR) is 142 cm³/mol. The molecular weight excluding hydrogens is 472 g/mol. The topological polar surface area (TPSA) is 99.5 Å². The van der Waals surface area contributed by atoms with Crippen LogP contribution in [0.4, 0.5) is 11.4 Å². The Balaban J connectivity index is 1.94. The van der Waals surface area contributed by atoms with Gasteiger partial charge in [-0.3, -0.25) is 14.5 Å². The van der Waals surface area contributed by atoms with Crippen LogP contribution in [0.25, 0.3) is 5.76 Å². The number of aliphatic hydroxyl groups is 1. The zero-order chi connectivity index (χ0) is 26.7. The largest absolute Gasteiger partial charge is 0.508 e. The summed E-state index contributed by atoms with van der Waals surface area (Å²) in [7, 11) is 2.88. The number of rotatable bonds is 8. The third-order valence-corrected chi connectivity index (χ3v) is 6.55. The van der Waals surface area contributed by atoms with Crippen molar-refractivity contribution in [3.8, 4) is 17.2 Å². The van der Waals surface area contributed by atoms with Crippen molar-refractivity contribution in [1.82, 2.24) is 0 Å². The van der Waals surface area contributed by atoms with Crippen LogP contribution in [0.3, 0.4) is 0 Å². The number of aliphatic hydroxyl groups excluding tert-OH is 1. The normalized spacial score (nSPS) is 16.6. The first kappa shape index (κ1) is 25.6. The van der Waals surface area contributed by atoms with E-state index < -0.39 is 23.5 Å². The average molecular weight is 503 g/mol. The number of ketones is 1. The second-order valence-electron chi connectivity index (χ2n) is 8.49. The summed E-state index contributed by atoms with van der Waals surface area (Å²) in [5, 5.41) is 21.7. The van der Waals surface area contributed by atoms with Gasteiger partial charge in [0.1, 0.15) is 28.6 Å². The van der Waals surface area contributed by atoms with Gasteiger partial charge in [-0.15, -0.1) is 0 Å². The molecule has 1 amide bonds. The number of carbonyl (C=O) groups is 2. The van der Waals surface area contributed by atoms with Crippen LogP contribution < -0.4 is 19.3 Å². The number of benzene rings is 3. The van der Waals surface area contributed by atoms with Crippen LogP contribution in [-0.4, -0.2) is 49.2 Å². The smallest absolute Gasteiger partial charge is 0.300 e. The molecule has 8 heteroatoms. The molecule has 37 heavy (non-hydrogen) atoms. The molecule has 3 aromatic rings. The summed E-state index contributed by atoms with van der Waals surface area (Å²) in [6.45, 7) is 5.77. The van der Waals surface area contributed by atoms with Crippen LogP contribution >= 0.6 is 0 Å². The van der Waals surface area contributed by atoms with E-state index in [0.29, 0.717) is 11.3 Å². The van der Waals surface area contributed by atoms with E-state index in [1.54, 1.807) is 42.5 Å². The maximum absolute atomic E-state index is 13.5. The summed E-state index contributed by atoms with van der Waals surface area (Å²) in [5.74, 6) is -1.55. The second-order valence-corrected chi connectivity index (χ2v) is 8.49. The van der Waals surface area contributed by atoms with Crippen molar-refractivity contribution in [1.29, 1.82) is 0 Å². The minimum atomic E-state index is -0.999. The van der Waals surface area contributed by atoms with Gasteiger partial charge in [0.25, 0.3) is 11.7 Å². The number of methoxy groups -OCH3 is 2. The summed E-state index contributed by atoms with van der Waals surface area (Å²) >= 11 is 0. The van der Waals surface area contributed by atoms with Gasteiger partial charge in [-0.05, 0) is 67.9 Å². The van der Waals surface area contributed by atoms with Gasteiger partial charge in [-0.2, -0.15) is 0 Å². The SMILES string of the molecule is CCN(CC)c1ccc(N2C(=O)C(=O)/C(=C(/O)c3c(OC)cccc3OC)C2c2cccc(O)c2)cc1. The number of hydrogen-bond donors (Lipinski definition) is 2. The molecule has 0 aliphatic carbocycles. The Bertz CT molecular complexity index is 1320. The van der Waals surface area contributed by atoms with Crippen LogP contribution in [-0.2, 0) is 9.59 Å². The van der Waals surface area contributed by atoms with Gasteiger partial charge in [0.05, 0.1) is 25.8 Å². The quantitative estimate of drug-likeness (QED) is 0.257. The average Bonchev–Trinajstić information content (AvgIpc) is 3.19. The predicted octanol–water partition coefficient (Wildman–Crippen LogP) is 4.88. The number of phenolic OH excluding ortho intramolecular Hbond substituents is 1. The van der Waals surface area contributed by atoms with Crippen LogP contribution in [0.1, 0.15) is 31.0 Å². The lowest BCUT2D eigenvalue weighted by atomic mass is 9.94. The van der Waals surface area contributed by atoms with Crippen LogP contribution in [0.5, 0.6) is 17.2 Å². The number of phenols is 1. The first-order valence-electron chi connectivity index (χ1n) is 12.0. The molecule has 0 bridgehead atoms. The lowest BCUT2D eigenvalue weighted by molar-refractivity contribution is -0.132. The number of anilines is 2. The number of Topliss-reactive ketones (excluding diaryl/α,β-unsaturated/α-hetero) is 1. The minimum Gasteiger partial charge on any atom is -0.508 e. The van der Waals surface area contributed by atoms with E-state index in [1.807, 2.05) is 12.1 Å². The second kappa shape index (κ2) is 10.7. The van der Waals surface area contributed by atoms with Gasteiger partial charge in [0.15, 0.2) is 0 Å². The monoisotopic (exact) mass is 502 g/mol. The van der Waals surface area contributed by atoms with Crippen LogP contribution in [0, 0.1) is 0 Å². The fourth-order valence-corrected chi connectivity index (χ4v) is 4.74. The Hall–Kier alpha value is -4.46. The molecule has 2 N–H and O–H groups in total. The lowest BCUT2D eigenvalue weighted by Gasteiger charge is -2.27. The maximum atomic E-state index is 13.5. The van der Waals surface area contributed by atoms with Crippen molar-refractivity contribution >= 4 is 28.8 Å². The molecule has 1 aliphatic rings. The van der Waals surface area contributed by atoms with E-state index in [2.05, 4.69) is 18.7 Å². The summed E-state index contributed by atoms with van der Waals surface area (Å²) in [4.78, 5) is 30.4. The summed E-state index contributed by atoms with van der Waals surface area (Å²) in [6.07, 6.45) is 0. The van der Waals surface area contributed by atoms with Gasteiger partial charge in [-0.25, -0.2) is 0 Å². The van der Waals surface area contributed by atoms with Crippen molar-refractivity contribution in [3.63, 3.8) is 0 Å². The van der Waals surface area contributed by atoms with Crippen molar-refractivity contribution < 1.29 is 29.3 Å². The van der Waals surface area contributed by atoms with Crippen molar-refractivity contribution in [2.75, 3.05) is 37.1 Å². The summed E-state index contributed by atoms with van der Waals surface area (Å²) < 4.78 is 10.9. The first-order chi connectivity index (χ1) is 17.9. The number of ether oxygens (including phenoxy) is 2. The molecule has 1 fully saturated rings. The van der Waals surface area contributed by atoms with E-state index in [1.165, 1.54) is 31.3 Å². The molecule has 0 radical (unpaired) electrons. The summed E-state index contributed by atoms with van der Waals surface area (Å²) in [5.41, 5.74) is 1.96. The van der Waals surface area contributed by atoms with Gasteiger partial charge >= 0.3 is 0 Å². The zero-order valence-electron chi connectivity index (χ0n) is 21.3. The number of hydrogen-bond acceptors (Lipinski definition) is 7. The molecule has 1 unspecified atom stereocenters. The first-order valence-corrected chi connectivity index (χ1v) is 12.0. The fraction of sp³-hybridized carbons (Fsp3) is 0.241. The molecule has 8 nitrogen and oxygen atoms in total. The molecule has 4 rings (SSSR count). The van der Waals surface area contributed by atoms with E-state index in [-0.39, 0.29) is 28.4 Å². The van der Waals surface area contributed by atoms with Gasteiger partial charge < -0.3 is 24.6 Å². The highest BCUT2D eigenvalue weighted by Crippen LogP contribution is 2.45. The number of aromatic hydroxyl groups is 1. The Labute approximate surface area is 216 Å². The molecule has 1 atom stereocenters. The summed E-state index contributed by atoms with van der Waals surface area (Å²) in [6, 6.07) is 17.6. The minimum absolute atomic E-state index is 0.0326. The zero-order valence-corrected chi connectivity index (χ0v) is 21.3. The molecule has 1 saturated heterocycles. The fourth-order valence-electron chi connectivity index (χ4n) is 4.74. The Kier molecular flexibility index (Phi) is 7.38. The Morgan fingerprint density at radius 1 is 0.919 bits per heavy atom. The highest BCUT2D eigenvalue weighted by Gasteiger charge is 2.47. The molecule has 1 aliphatic heterocycles. The molecular formula is C29H30N2O6. The third-order valence-electron chi connectivity index (χ3n) is 6.55.